The lowest BCUT2D eigenvalue weighted by atomic mass is 10.1. The van der Waals surface area contributed by atoms with Crippen LogP contribution in [-0.2, 0) is 7.05 Å². The molecule has 0 saturated carbocycles. The van der Waals surface area contributed by atoms with Crippen molar-refractivity contribution in [2.75, 3.05) is 0 Å². The zero-order valence-electron chi connectivity index (χ0n) is 12.6. The van der Waals surface area contributed by atoms with Gasteiger partial charge in [-0.15, -0.1) is 0 Å². The van der Waals surface area contributed by atoms with Crippen LogP contribution in [0.2, 0.25) is 0 Å². The third kappa shape index (κ3) is 2.41. The van der Waals surface area contributed by atoms with Crippen molar-refractivity contribution in [1.82, 2.24) is 9.55 Å². The highest BCUT2D eigenvalue weighted by Crippen LogP contribution is 2.28. The molecule has 0 saturated heterocycles. The smallest absolute Gasteiger partial charge is 0.227 e. The summed E-state index contributed by atoms with van der Waals surface area (Å²) < 4.78 is 1.96. The van der Waals surface area contributed by atoms with Crippen molar-refractivity contribution in [3.8, 4) is 0 Å². The van der Waals surface area contributed by atoms with Crippen LogP contribution in [0.5, 0.6) is 0 Å². The molecule has 1 aromatic heterocycles. The number of para-hydroxylation sites is 2. The Morgan fingerprint density at radius 3 is 2.57 bits per heavy atom. The second-order valence-electron chi connectivity index (χ2n) is 5.36. The van der Waals surface area contributed by atoms with Gasteiger partial charge < -0.3 is 4.57 Å². The molecule has 4 heteroatoms. The largest absolute Gasteiger partial charge is 0.322 e. The van der Waals surface area contributed by atoms with Crippen LogP contribution in [0.1, 0.15) is 10.4 Å². The molecule has 0 aliphatic rings. The van der Waals surface area contributed by atoms with Crippen molar-refractivity contribution < 1.29 is 4.79 Å². The summed E-state index contributed by atoms with van der Waals surface area (Å²) in [6.07, 6.45) is 0. The molecule has 0 spiro atoms. The Bertz CT molecular complexity index is 1030. The van der Waals surface area contributed by atoms with Crippen molar-refractivity contribution in [3.63, 3.8) is 0 Å². The van der Waals surface area contributed by atoms with Crippen LogP contribution in [-0.4, -0.2) is 14.7 Å². The molecule has 0 atom stereocenters. The molecule has 3 aromatic carbocycles. The van der Waals surface area contributed by atoms with Gasteiger partial charge in [0.2, 0.25) is 5.12 Å². The van der Waals surface area contributed by atoms with E-state index < -0.39 is 0 Å². The van der Waals surface area contributed by atoms with E-state index in [9.17, 15) is 4.79 Å². The highest BCUT2D eigenvalue weighted by atomic mass is 32.2. The number of nitrogens with zero attached hydrogens (tertiary/aromatic N) is 2. The number of hydrogen-bond acceptors (Lipinski definition) is 3. The van der Waals surface area contributed by atoms with E-state index in [2.05, 4.69) is 4.98 Å². The Morgan fingerprint density at radius 1 is 0.957 bits per heavy atom. The first-order valence-electron chi connectivity index (χ1n) is 7.35. The fourth-order valence-electron chi connectivity index (χ4n) is 2.76. The Kier molecular flexibility index (Phi) is 3.39. The number of rotatable bonds is 2. The molecule has 0 N–H and O–H groups in total. The van der Waals surface area contributed by atoms with Crippen LogP contribution in [0.3, 0.4) is 0 Å². The fourth-order valence-corrected chi connectivity index (χ4v) is 3.59. The topological polar surface area (TPSA) is 34.9 Å². The highest BCUT2D eigenvalue weighted by Gasteiger charge is 2.16. The molecule has 4 aromatic rings. The molecular weight excluding hydrogens is 304 g/mol. The number of carbonyl (C=O) groups excluding carboxylic acids is 1. The van der Waals surface area contributed by atoms with E-state index in [-0.39, 0.29) is 5.12 Å². The second kappa shape index (κ2) is 5.56. The van der Waals surface area contributed by atoms with Gasteiger partial charge in [0.05, 0.1) is 11.0 Å². The van der Waals surface area contributed by atoms with Crippen molar-refractivity contribution in [2.24, 2.45) is 7.05 Å². The summed E-state index contributed by atoms with van der Waals surface area (Å²) in [6.45, 7) is 0. The number of hydrogen-bond donors (Lipinski definition) is 0. The SMILES string of the molecule is Cn1c(SC(=O)c2cccc3ccccc23)nc2ccccc21. The molecule has 23 heavy (non-hydrogen) atoms. The molecule has 112 valence electrons. The fraction of sp³-hybridized carbons (Fsp3) is 0.0526. The van der Waals surface area contributed by atoms with Gasteiger partial charge in [-0.05, 0) is 40.7 Å². The van der Waals surface area contributed by atoms with E-state index in [0.29, 0.717) is 5.16 Å². The van der Waals surface area contributed by atoms with E-state index in [0.717, 1.165) is 27.4 Å². The Balaban J connectivity index is 1.75. The maximum atomic E-state index is 12.8. The average Bonchev–Trinajstić information content (AvgIpc) is 2.90. The number of aromatic nitrogens is 2. The Hall–Kier alpha value is -2.59. The molecular formula is C19H14N2OS. The van der Waals surface area contributed by atoms with Gasteiger partial charge in [0, 0.05) is 12.6 Å². The Morgan fingerprint density at radius 2 is 1.70 bits per heavy atom. The van der Waals surface area contributed by atoms with Crippen LogP contribution in [0.25, 0.3) is 21.8 Å². The van der Waals surface area contributed by atoms with E-state index in [1.165, 1.54) is 11.8 Å². The zero-order valence-corrected chi connectivity index (χ0v) is 13.4. The van der Waals surface area contributed by atoms with Crippen LogP contribution in [0, 0.1) is 0 Å². The highest BCUT2D eigenvalue weighted by molar-refractivity contribution is 8.14. The summed E-state index contributed by atoms with van der Waals surface area (Å²) >= 11 is 1.18. The lowest BCUT2D eigenvalue weighted by molar-refractivity contribution is 0.109. The van der Waals surface area contributed by atoms with Crippen LogP contribution in [0.15, 0.2) is 71.9 Å². The van der Waals surface area contributed by atoms with E-state index in [1.54, 1.807) is 0 Å². The van der Waals surface area contributed by atoms with Crippen molar-refractivity contribution >= 4 is 38.7 Å². The molecule has 4 rings (SSSR count). The molecule has 0 aliphatic carbocycles. The maximum Gasteiger partial charge on any atom is 0.227 e. The summed E-state index contributed by atoms with van der Waals surface area (Å²) in [5.41, 5.74) is 2.66. The van der Waals surface area contributed by atoms with Crippen LogP contribution >= 0.6 is 11.8 Å². The van der Waals surface area contributed by atoms with Gasteiger partial charge in [-0.25, -0.2) is 4.98 Å². The van der Waals surface area contributed by atoms with Gasteiger partial charge in [-0.2, -0.15) is 0 Å². The van der Waals surface area contributed by atoms with Crippen LogP contribution in [0.4, 0.5) is 0 Å². The first-order chi connectivity index (χ1) is 11.2. The maximum absolute atomic E-state index is 12.8. The Labute approximate surface area is 138 Å². The minimum atomic E-state index is 0.0141. The predicted octanol–water partition coefficient (Wildman–Crippen LogP) is 4.66. The van der Waals surface area contributed by atoms with Crippen LogP contribution < -0.4 is 0 Å². The quantitative estimate of drug-likeness (QED) is 0.504. The van der Waals surface area contributed by atoms with Gasteiger partial charge in [-0.1, -0.05) is 48.5 Å². The van der Waals surface area contributed by atoms with Gasteiger partial charge in [-0.3, -0.25) is 4.79 Å². The summed E-state index contributed by atoms with van der Waals surface area (Å²) in [5, 5.41) is 2.78. The number of imidazole rings is 1. The van der Waals surface area contributed by atoms with Crippen molar-refractivity contribution in [1.29, 1.82) is 0 Å². The molecule has 3 nitrogen and oxygen atoms in total. The lowest BCUT2D eigenvalue weighted by Gasteiger charge is -2.05. The zero-order chi connectivity index (χ0) is 15.8. The number of fused-ring (bicyclic) bond motifs is 2. The molecule has 0 bridgehead atoms. The summed E-state index contributed by atoms with van der Waals surface area (Å²) in [6, 6.07) is 21.7. The van der Waals surface area contributed by atoms with Gasteiger partial charge in [0.15, 0.2) is 5.16 Å². The normalized spacial score (nSPS) is 11.2. The van der Waals surface area contributed by atoms with E-state index in [1.807, 2.05) is 78.3 Å². The minimum Gasteiger partial charge on any atom is -0.322 e. The standard InChI is InChI=1S/C19H14N2OS/c1-21-17-12-5-4-11-16(17)20-19(21)23-18(22)15-10-6-8-13-7-2-3-9-14(13)15/h2-12H,1H3. The second-order valence-corrected chi connectivity index (χ2v) is 6.30. The predicted molar refractivity (Wildman–Crippen MR) is 94.8 cm³/mol. The first kappa shape index (κ1) is 14.0. The number of aryl methyl sites for hydroxylation is 1. The third-order valence-electron chi connectivity index (χ3n) is 3.94. The molecule has 0 amide bonds. The molecule has 1 heterocycles. The molecule has 0 unspecified atom stereocenters. The molecule has 0 fully saturated rings. The van der Waals surface area contributed by atoms with Gasteiger partial charge in [0.1, 0.15) is 0 Å². The van der Waals surface area contributed by atoms with Crippen molar-refractivity contribution in [3.05, 3.63) is 72.3 Å². The number of thioether (sulfide) groups is 1. The monoisotopic (exact) mass is 318 g/mol. The van der Waals surface area contributed by atoms with E-state index in [4.69, 9.17) is 0 Å². The van der Waals surface area contributed by atoms with Crippen molar-refractivity contribution in [2.45, 2.75) is 5.16 Å². The lowest BCUT2D eigenvalue weighted by Crippen LogP contribution is -1.98. The summed E-state index contributed by atoms with van der Waals surface area (Å²) in [4.78, 5) is 17.3. The summed E-state index contributed by atoms with van der Waals surface area (Å²) in [5.74, 6) is 0. The van der Waals surface area contributed by atoms with Gasteiger partial charge >= 0.3 is 0 Å². The summed E-state index contributed by atoms with van der Waals surface area (Å²) in [7, 11) is 1.94. The number of benzene rings is 3. The molecule has 0 aliphatic heterocycles. The molecule has 0 radical (unpaired) electrons. The third-order valence-corrected chi connectivity index (χ3v) is 4.89. The van der Waals surface area contributed by atoms with E-state index >= 15 is 0 Å². The van der Waals surface area contributed by atoms with Gasteiger partial charge in [0.25, 0.3) is 0 Å². The number of carbonyl (C=O) groups is 1. The minimum absolute atomic E-state index is 0.0141. The average molecular weight is 318 g/mol. The first-order valence-corrected chi connectivity index (χ1v) is 8.17.